The maximum Gasteiger partial charge on any atom is 0.407 e. The van der Waals surface area contributed by atoms with Crippen LogP contribution >= 0.6 is 0 Å². The number of rotatable bonds is 94. The molecule has 0 aromatic heterocycles. The Hall–Kier alpha value is -4.52. The van der Waals surface area contributed by atoms with E-state index in [1.807, 2.05) is 20.8 Å². The molecule has 728 valence electrons. The topological polar surface area (TPSA) is 409 Å². The first-order valence-electron chi connectivity index (χ1n) is 43.8. The lowest BCUT2D eigenvalue weighted by Crippen LogP contribution is -2.37. The van der Waals surface area contributed by atoms with Gasteiger partial charge in [0.15, 0.2) is 0 Å². The zero-order valence-corrected chi connectivity index (χ0v) is 76.6. The molecule has 0 aromatic rings. The average molecular weight is 1780 g/mol. The summed E-state index contributed by atoms with van der Waals surface area (Å²) < 4.78 is 152. The van der Waals surface area contributed by atoms with Gasteiger partial charge in [-0.25, -0.2) is 9.59 Å². The van der Waals surface area contributed by atoms with Crippen molar-refractivity contribution < 1.29 is 152 Å². The van der Waals surface area contributed by atoms with Gasteiger partial charge in [0.05, 0.1) is 317 Å². The van der Waals surface area contributed by atoms with Crippen LogP contribution in [-0.2, 0) is 142 Å². The number of hydrogen-bond donors (Lipinski definition) is 4. The van der Waals surface area contributed by atoms with E-state index in [0.717, 1.165) is 58.5 Å². The third kappa shape index (κ3) is 110. The molecule has 123 heavy (non-hydrogen) atoms. The molecule has 0 saturated carbocycles. The number of unbranched alkanes of at least 4 members (excludes halogenated alkanes) is 2. The van der Waals surface area contributed by atoms with Crippen LogP contribution in [0.4, 0.5) is 9.59 Å². The largest absolute Gasteiger partial charge is 0.444 e. The van der Waals surface area contributed by atoms with E-state index >= 15 is 0 Å². The first-order valence-corrected chi connectivity index (χ1v) is 43.8. The van der Waals surface area contributed by atoms with Crippen molar-refractivity contribution >= 4 is 24.0 Å². The second-order valence-electron chi connectivity index (χ2n) is 28.0. The maximum atomic E-state index is 12.9. The molecular weight excluding hydrogens is 1620 g/mol. The van der Waals surface area contributed by atoms with Crippen molar-refractivity contribution in [3.05, 3.63) is 0 Å². The Morgan fingerprint density at radius 3 is 0.675 bits per heavy atom. The van der Waals surface area contributed by atoms with Gasteiger partial charge in [-0.3, -0.25) is 9.59 Å². The fraction of sp³-hybridized carbons (Fsp3) is 0.906. The van der Waals surface area contributed by atoms with Crippen LogP contribution in [0.3, 0.4) is 0 Å². The number of carbonyl (C=O) groups is 4. The summed E-state index contributed by atoms with van der Waals surface area (Å²) in [7, 11) is 0. The van der Waals surface area contributed by atoms with Crippen molar-refractivity contribution in [2.75, 3.05) is 396 Å². The third-order valence-corrected chi connectivity index (χ3v) is 14.8. The van der Waals surface area contributed by atoms with Gasteiger partial charge in [-0.2, -0.15) is 0 Å². The van der Waals surface area contributed by atoms with E-state index in [2.05, 4.69) is 36.3 Å². The molecular formula is C85H166N6O32. The summed E-state index contributed by atoms with van der Waals surface area (Å²) in [5.74, 6) is 4.70. The molecule has 0 aliphatic carbocycles. The van der Waals surface area contributed by atoms with Gasteiger partial charge in [0.25, 0.3) is 0 Å². The van der Waals surface area contributed by atoms with E-state index in [4.69, 9.17) is 157 Å². The third-order valence-electron chi connectivity index (χ3n) is 14.8. The lowest BCUT2D eigenvalue weighted by atomic mass is 10.2. The number of carbonyl (C=O) groups excluding carboxylic acids is 4. The van der Waals surface area contributed by atoms with Crippen molar-refractivity contribution in [1.82, 2.24) is 20.4 Å². The van der Waals surface area contributed by atoms with Gasteiger partial charge in [0.2, 0.25) is 11.8 Å². The Kier molecular flexibility index (Phi) is 103. The summed E-state index contributed by atoms with van der Waals surface area (Å²) in [6.45, 7) is 43.1. The SMILES string of the molecule is C#CCOCCOCCOCCOCCC(=O)N(CCOCCOCCOCCC)CCOCCOCCOCCNC(=O)OC(C)(C)C.C#CCOCCOCCOCCOCCC(=O)N(CCOCCOCCOCCN)CCOCCOCCOCCN.CCCOCCOCCOCCCCCOCCOCCOCCNC(=O)OC(C)(C)C. The quantitative estimate of drug-likeness (QED) is 0.0493. The Morgan fingerprint density at radius 1 is 0.260 bits per heavy atom. The zero-order valence-electron chi connectivity index (χ0n) is 76.6. The standard InChI is InChI=1S/C34H64N2O13.C28H55N3O11.C23H47NO8/c1-6-12-39-18-24-45-28-22-43-16-10-36(32(37)8-14-41-20-26-47-31-30-46-25-19-40-13-7-2)11-17-44-23-29-48-27-21-42-15-9-35-33(38)49-34(3,4)5;1-2-8-33-14-20-39-26-27-40-21-15-34-9-3-28(32)31(6-12-37-18-24-41-22-16-35-10-4-29)7-13-38-19-25-42-23-17-36-11-5-30;1-5-10-26-14-18-30-19-15-27-11-7-6-8-12-28-16-20-31-21-17-29-13-9-24-22(25)32-23(2,3)4/h2H,6,8-31H2,1,3-5H3,(H,35,38);1H,3-27,29-30H2;5-21H2,1-4H3,(H,24,25). The number of amides is 4. The van der Waals surface area contributed by atoms with Crippen LogP contribution in [0.1, 0.15) is 100 Å². The molecule has 0 bridgehead atoms. The van der Waals surface area contributed by atoms with Gasteiger partial charge in [-0.1, -0.05) is 25.7 Å². The number of nitrogens with two attached hydrogens (primary N) is 2. The van der Waals surface area contributed by atoms with Gasteiger partial charge in [0.1, 0.15) is 24.4 Å². The van der Waals surface area contributed by atoms with E-state index in [1.54, 1.807) is 30.6 Å². The Labute approximate surface area is 737 Å². The molecule has 0 aliphatic heterocycles. The molecule has 4 amide bonds. The number of nitrogens with one attached hydrogen (secondary N) is 2. The lowest BCUT2D eigenvalue weighted by Gasteiger charge is -2.23. The van der Waals surface area contributed by atoms with Crippen LogP contribution in [0, 0.1) is 24.7 Å². The molecule has 0 radical (unpaired) electrons. The normalized spacial score (nSPS) is 11.4. The molecule has 0 heterocycles. The van der Waals surface area contributed by atoms with Crippen LogP contribution in [-0.4, -0.2) is 441 Å². The highest BCUT2D eigenvalue weighted by Crippen LogP contribution is 2.08. The zero-order chi connectivity index (χ0) is 90.5. The van der Waals surface area contributed by atoms with E-state index < -0.39 is 23.4 Å². The van der Waals surface area contributed by atoms with E-state index in [1.165, 1.54) is 0 Å². The lowest BCUT2D eigenvalue weighted by molar-refractivity contribution is -0.135. The second kappa shape index (κ2) is 103. The number of hydrogen-bond acceptors (Lipinski definition) is 34. The predicted octanol–water partition coefficient (Wildman–Crippen LogP) is 4.05. The minimum Gasteiger partial charge on any atom is -0.444 e. The Bertz CT molecular complexity index is 2240. The number of alkyl carbamates (subject to hydrolysis) is 2. The number of terminal acetylenes is 2. The van der Waals surface area contributed by atoms with Crippen LogP contribution in [0.5, 0.6) is 0 Å². The van der Waals surface area contributed by atoms with E-state index in [0.29, 0.717) is 350 Å². The summed E-state index contributed by atoms with van der Waals surface area (Å²) in [6.07, 6.45) is 14.9. The first-order chi connectivity index (χ1) is 60.0. The summed E-state index contributed by atoms with van der Waals surface area (Å²) in [5.41, 5.74) is 9.71. The minimum atomic E-state index is -0.537. The Balaban J connectivity index is -0.00000179. The highest BCUT2D eigenvalue weighted by Gasteiger charge is 2.19. The molecule has 0 fully saturated rings. The molecule has 0 aromatic carbocycles. The first kappa shape index (κ1) is 123. The second-order valence-corrected chi connectivity index (χ2v) is 28.0. The maximum absolute atomic E-state index is 12.9. The van der Waals surface area contributed by atoms with Crippen LogP contribution in [0.15, 0.2) is 0 Å². The average Bonchev–Trinajstić information content (AvgIpc) is 0.958. The molecule has 6 N–H and O–H groups in total. The highest BCUT2D eigenvalue weighted by molar-refractivity contribution is 5.76. The van der Waals surface area contributed by atoms with Crippen molar-refractivity contribution in [1.29, 1.82) is 0 Å². The van der Waals surface area contributed by atoms with Crippen LogP contribution in [0.2, 0.25) is 0 Å². The molecule has 0 spiro atoms. The summed E-state index contributed by atoms with van der Waals surface area (Å²) in [4.78, 5) is 52.2. The fourth-order valence-corrected chi connectivity index (χ4v) is 9.01. The molecule has 0 saturated heterocycles. The number of ether oxygens (including phenoxy) is 28. The van der Waals surface area contributed by atoms with E-state index in [9.17, 15) is 19.2 Å². The highest BCUT2D eigenvalue weighted by atomic mass is 16.6. The van der Waals surface area contributed by atoms with E-state index in [-0.39, 0.29) is 44.5 Å². The van der Waals surface area contributed by atoms with Crippen molar-refractivity contribution in [2.45, 2.75) is 112 Å². The predicted molar refractivity (Wildman–Crippen MR) is 462 cm³/mol. The van der Waals surface area contributed by atoms with Crippen molar-refractivity contribution in [2.24, 2.45) is 11.5 Å². The molecule has 38 heteroatoms. The van der Waals surface area contributed by atoms with Crippen molar-refractivity contribution in [3.8, 4) is 24.7 Å². The summed E-state index contributed by atoms with van der Waals surface area (Å²) >= 11 is 0. The smallest absolute Gasteiger partial charge is 0.407 e. The minimum absolute atomic E-state index is 0.0369. The van der Waals surface area contributed by atoms with Crippen LogP contribution in [0.25, 0.3) is 0 Å². The molecule has 0 rings (SSSR count). The molecule has 38 nitrogen and oxygen atoms in total. The molecule has 0 aliphatic rings. The molecule has 0 atom stereocenters. The monoisotopic (exact) mass is 1780 g/mol. The van der Waals surface area contributed by atoms with Crippen LogP contribution < -0.4 is 22.1 Å². The van der Waals surface area contributed by atoms with Gasteiger partial charge >= 0.3 is 12.2 Å². The summed E-state index contributed by atoms with van der Waals surface area (Å²) in [5, 5.41) is 5.27. The summed E-state index contributed by atoms with van der Waals surface area (Å²) in [6, 6.07) is 0. The number of nitrogens with zero attached hydrogens (tertiary/aromatic N) is 2. The van der Waals surface area contributed by atoms with Gasteiger partial charge in [0, 0.05) is 78.8 Å². The molecule has 0 unspecified atom stereocenters. The fourth-order valence-electron chi connectivity index (χ4n) is 9.01. The van der Waals surface area contributed by atoms with Crippen molar-refractivity contribution in [3.63, 3.8) is 0 Å². The Morgan fingerprint density at radius 2 is 0.455 bits per heavy atom. The van der Waals surface area contributed by atoms with Gasteiger partial charge in [-0.05, 0) is 73.6 Å². The van der Waals surface area contributed by atoms with Gasteiger partial charge < -0.3 is 165 Å². The van der Waals surface area contributed by atoms with Gasteiger partial charge in [-0.15, -0.1) is 12.8 Å².